The molecule has 1 aliphatic rings. The third-order valence-electron chi connectivity index (χ3n) is 4.66. The van der Waals surface area contributed by atoms with E-state index >= 15 is 0 Å². The fourth-order valence-electron chi connectivity index (χ4n) is 3.13. The van der Waals surface area contributed by atoms with E-state index in [1.165, 1.54) is 17.2 Å². The van der Waals surface area contributed by atoms with Crippen molar-refractivity contribution in [1.29, 1.82) is 0 Å². The maximum atomic E-state index is 12.7. The van der Waals surface area contributed by atoms with Crippen molar-refractivity contribution >= 4 is 51.7 Å². The van der Waals surface area contributed by atoms with Crippen molar-refractivity contribution in [1.82, 2.24) is 4.90 Å². The number of ether oxygens (including phenoxy) is 1. The number of likely N-dealkylation sites (tertiary alicyclic amines) is 1. The Kier molecular flexibility index (Phi) is 6.90. The van der Waals surface area contributed by atoms with Gasteiger partial charge in [-0.3, -0.25) is 0 Å². The van der Waals surface area contributed by atoms with Gasteiger partial charge in [0, 0.05) is 0 Å². The third kappa shape index (κ3) is 5.28. The van der Waals surface area contributed by atoms with Gasteiger partial charge in [-0.15, -0.1) is 0 Å². The number of halogens is 1. The first kappa shape index (κ1) is 20.7. The summed E-state index contributed by atoms with van der Waals surface area (Å²) in [7, 11) is 0.181. The fourth-order valence-corrected chi connectivity index (χ4v) is 8.44. The zero-order valence-corrected chi connectivity index (χ0v) is 19.9. The van der Waals surface area contributed by atoms with Gasteiger partial charge in [-0.25, -0.2) is 0 Å². The predicted octanol–water partition coefficient (Wildman–Crippen LogP) is 2.83. The predicted molar refractivity (Wildman–Crippen MR) is 115 cm³/mol. The second-order valence-corrected chi connectivity index (χ2v) is 12.6. The van der Waals surface area contributed by atoms with Gasteiger partial charge in [-0.2, -0.15) is 0 Å². The summed E-state index contributed by atoms with van der Waals surface area (Å²) < 4.78 is 36.2. The van der Waals surface area contributed by atoms with Crippen molar-refractivity contribution < 1.29 is 13.2 Å². The Morgan fingerprint density at radius 1 is 1.19 bits per heavy atom. The monoisotopic (exact) mass is 514 g/mol. The van der Waals surface area contributed by atoms with Crippen molar-refractivity contribution in [3.63, 3.8) is 0 Å². The molecule has 0 radical (unpaired) electrons. The van der Waals surface area contributed by atoms with Gasteiger partial charge < -0.3 is 0 Å². The van der Waals surface area contributed by atoms with Gasteiger partial charge in [0.15, 0.2) is 0 Å². The Labute approximate surface area is 176 Å². The summed E-state index contributed by atoms with van der Waals surface area (Å²) in [5.41, 5.74) is 0.582. The Hall–Kier alpha value is -1.01. The summed E-state index contributed by atoms with van der Waals surface area (Å²) in [6.07, 6.45) is 2.40. The number of hydrogen-bond acceptors (Lipinski definition) is 4. The first-order valence-corrected chi connectivity index (χ1v) is 13.3. The molecule has 0 spiro atoms. The summed E-state index contributed by atoms with van der Waals surface area (Å²) >= 11 is 2.90. The Bertz CT molecular complexity index is 900. The number of sulfonamides is 1. The van der Waals surface area contributed by atoms with Crippen LogP contribution >= 0.6 is 15.9 Å². The van der Waals surface area contributed by atoms with Gasteiger partial charge in [0.1, 0.15) is 0 Å². The van der Waals surface area contributed by atoms with Crippen LogP contribution in [0.5, 0.6) is 5.75 Å². The number of methoxy groups -OCH3 is 1. The second kappa shape index (κ2) is 8.99. The molecule has 1 heterocycles. The van der Waals surface area contributed by atoms with Crippen molar-refractivity contribution in [2.45, 2.75) is 22.4 Å². The van der Waals surface area contributed by atoms with Gasteiger partial charge >= 0.3 is 177 Å². The van der Waals surface area contributed by atoms with E-state index in [1.807, 2.05) is 12.1 Å². The molecule has 1 aliphatic heterocycles. The van der Waals surface area contributed by atoms with E-state index in [2.05, 4.69) is 32.6 Å². The molecule has 3 rings (SSSR count). The number of benzene rings is 2. The molecule has 2 aromatic carbocycles. The van der Waals surface area contributed by atoms with Gasteiger partial charge in [-0.05, 0) is 0 Å². The molecule has 0 saturated carbocycles. The van der Waals surface area contributed by atoms with Crippen LogP contribution in [0.25, 0.3) is 0 Å². The van der Waals surface area contributed by atoms with E-state index < -0.39 is 25.8 Å². The molecule has 0 bridgehead atoms. The van der Waals surface area contributed by atoms with Crippen LogP contribution in [0.3, 0.4) is 0 Å². The van der Waals surface area contributed by atoms with E-state index in [9.17, 15) is 8.42 Å². The number of nitrogens with zero attached hydrogens (tertiary/aromatic N) is 1. The summed E-state index contributed by atoms with van der Waals surface area (Å²) in [6.45, 7) is 2.26. The molecule has 2 aromatic rings. The van der Waals surface area contributed by atoms with Crippen molar-refractivity contribution in [2.75, 3.05) is 32.0 Å². The molecule has 0 aliphatic carbocycles. The molecule has 0 aromatic heterocycles. The topological polar surface area (TPSA) is 58.6 Å². The molecule has 8 heteroatoms. The minimum absolute atomic E-state index is 0.230. The fraction of sp³-hybridized carbons (Fsp3) is 0.368. The third-order valence-corrected chi connectivity index (χ3v) is 10.6. The van der Waals surface area contributed by atoms with Crippen LogP contribution in [-0.4, -0.2) is 56.3 Å². The van der Waals surface area contributed by atoms with Gasteiger partial charge in [0.2, 0.25) is 0 Å². The number of piperidine rings is 1. The number of rotatable bonds is 6. The summed E-state index contributed by atoms with van der Waals surface area (Å²) in [4.78, 5) is 2.59. The molecule has 27 heavy (non-hydrogen) atoms. The van der Waals surface area contributed by atoms with Crippen LogP contribution in [0.15, 0.2) is 51.8 Å². The zero-order chi connectivity index (χ0) is 19.4. The average molecular weight is 515 g/mol. The summed E-state index contributed by atoms with van der Waals surface area (Å²) in [6, 6.07) is 12.4. The normalized spacial score (nSPS) is 16.7. The molecule has 146 valence electrons. The van der Waals surface area contributed by atoms with Crippen molar-refractivity contribution in [3.8, 4) is 5.75 Å². The minimum atomic E-state index is -3.65. The van der Waals surface area contributed by atoms with Crippen molar-refractivity contribution in [3.05, 3.63) is 46.9 Å². The Morgan fingerprint density at radius 3 is 2.56 bits per heavy atom. The van der Waals surface area contributed by atoms with Gasteiger partial charge in [0.25, 0.3) is 0 Å². The molecular formula is C19H24AsBrN2O3S. The van der Waals surface area contributed by atoms with Crippen LogP contribution in [0.2, 0.25) is 4.71 Å². The van der Waals surface area contributed by atoms with E-state index in [0.717, 1.165) is 18.8 Å². The second-order valence-electron chi connectivity index (χ2n) is 6.67. The quantitative estimate of drug-likeness (QED) is 0.602. The molecule has 1 atom stereocenters. The maximum absolute atomic E-state index is 12.7. The number of hydrogen-bond donors (Lipinski definition) is 1. The first-order chi connectivity index (χ1) is 12.9. The summed E-state index contributed by atoms with van der Waals surface area (Å²) in [5, 5.41) is 0. The number of anilines is 1. The van der Waals surface area contributed by atoms with Crippen LogP contribution in [0, 0.1) is 0 Å². The van der Waals surface area contributed by atoms with Crippen LogP contribution < -0.4 is 13.8 Å². The molecule has 1 unspecified atom stereocenters. The van der Waals surface area contributed by atoms with Gasteiger partial charge in [-0.1, -0.05) is 0 Å². The summed E-state index contributed by atoms with van der Waals surface area (Å²) in [5.74, 6) is 0.859. The molecule has 0 amide bonds. The van der Waals surface area contributed by atoms with E-state index in [-0.39, 0.29) is 4.90 Å². The zero-order valence-electron chi connectivity index (χ0n) is 15.4. The van der Waals surface area contributed by atoms with E-state index in [4.69, 9.17) is 4.74 Å². The molecule has 1 N–H and O–H groups in total. The Morgan fingerprint density at radius 2 is 1.89 bits per heavy atom. The molecule has 5 nitrogen and oxygen atoms in total. The molecule has 1 fully saturated rings. The van der Waals surface area contributed by atoms with Crippen LogP contribution in [0.1, 0.15) is 12.8 Å². The number of nitrogens with one attached hydrogen (secondary N) is 1. The molecule has 1 saturated heterocycles. The Balaban J connectivity index is 1.81. The SMILES string of the molecule is COc1ccc(NS(=O)(=O)c2ccccc2Br)cc1[AsH]C1CCN(C)CC1. The van der Waals surface area contributed by atoms with Crippen LogP contribution in [-0.2, 0) is 10.0 Å². The molecular weight excluding hydrogens is 491 g/mol. The average Bonchev–Trinajstić information content (AvgIpc) is 2.64. The first-order valence-electron chi connectivity index (χ1n) is 8.79. The standard InChI is InChI=1S/C19H24AsBrN2O3S/c1-23-11-9-14(10-12-23)20-16-13-15(7-8-18(16)26-2)22-27(24,25)19-6-4-3-5-17(19)21/h3-8,13-14,20,22H,9-12H2,1-2H3. The van der Waals surface area contributed by atoms with E-state index in [1.54, 1.807) is 37.4 Å². The van der Waals surface area contributed by atoms with Crippen molar-refractivity contribution in [2.24, 2.45) is 0 Å². The van der Waals surface area contributed by atoms with Crippen LogP contribution in [0.4, 0.5) is 5.69 Å². The van der Waals surface area contributed by atoms with Gasteiger partial charge in [0.05, 0.1) is 0 Å². The van der Waals surface area contributed by atoms with E-state index in [0.29, 0.717) is 14.9 Å².